The molecule has 3 aromatic rings. The number of imidazole rings is 1. The number of likely N-dealkylation sites (tertiary alicyclic amines) is 1. The summed E-state index contributed by atoms with van der Waals surface area (Å²) in [6, 6.07) is 16.2. The second-order valence-electron chi connectivity index (χ2n) is 10.7. The standard InChI is InChI=1S/C24H27N5O.3C2HF3O2/c1-27-15-16-29-21(19-7-3-2-4-8-19)18-26-23(29)24(27)10-13-28(14-11-24)22(30)17-20-9-5-6-12-25-20;3*3-2(4,5)1(6)7/h2-9,12,18H,10-11,13-17H2,1H3;3*(H,6,7). The van der Waals surface area contributed by atoms with E-state index in [0.717, 1.165) is 50.5 Å². The molecule has 0 bridgehead atoms. The van der Waals surface area contributed by atoms with Gasteiger partial charge in [-0.2, -0.15) is 39.5 Å². The number of hydrogen-bond acceptors (Lipinski definition) is 7. The first-order chi connectivity index (χ1) is 23.5. The number of aromatic nitrogens is 3. The van der Waals surface area contributed by atoms with Gasteiger partial charge in [0.15, 0.2) is 0 Å². The minimum atomic E-state index is -5.08. The number of aliphatic carboxylic acids is 3. The van der Waals surface area contributed by atoms with Crippen LogP contribution in [0, 0.1) is 0 Å². The van der Waals surface area contributed by atoms with E-state index in [1.54, 1.807) is 6.20 Å². The summed E-state index contributed by atoms with van der Waals surface area (Å²) in [4.78, 5) is 53.1. The molecule has 4 heterocycles. The Hall–Kier alpha value is -5.21. The van der Waals surface area contributed by atoms with Gasteiger partial charge in [-0.05, 0) is 37.6 Å². The molecule has 1 spiro atoms. The summed E-state index contributed by atoms with van der Waals surface area (Å²) in [7, 11) is 2.20. The van der Waals surface area contributed by atoms with Crippen molar-refractivity contribution in [3.8, 4) is 11.3 Å². The molecular weight excluding hydrogens is 713 g/mol. The van der Waals surface area contributed by atoms with Gasteiger partial charge in [0, 0.05) is 38.1 Å². The number of amides is 1. The van der Waals surface area contributed by atoms with Crippen LogP contribution in [-0.4, -0.2) is 109 Å². The van der Waals surface area contributed by atoms with E-state index in [9.17, 15) is 44.3 Å². The lowest BCUT2D eigenvalue weighted by atomic mass is 9.83. The Bertz CT molecular complexity index is 1570. The summed E-state index contributed by atoms with van der Waals surface area (Å²) in [5, 5.41) is 21.4. The van der Waals surface area contributed by atoms with Crippen molar-refractivity contribution in [2.24, 2.45) is 0 Å². The maximum Gasteiger partial charge on any atom is 0.490 e. The Morgan fingerprint density at radius 1 is 0.706 bits per heavy atom. The molecule has 51 heavy (non-hydrogen) atoms. The van der Waals surface area contributed by atoms with Crippen LogP contribution in [0.1, 0.15) is 24.4 Å². The van der Waals surface area contributed by atoms with Crippen LogP contribution in [0.3, 0.4) is 0 Å². The van der Waals surface area contributed by atoms with Gasteiger partial charge in [-0.3, -0.25) is 14.7 Å². The first kappa shape index (κ1) is 42.0. The van der Waals surface area contributed by atoms with E-state index in [1.165, 1.54) is 11.3 Å². The van der Waals surface area contributed by atoms with Crippen LogP contribution in [0.4, 0.5) is 39.5 Å². The van der Waals surface area contributed by atoms with Crippen molar-refractivity contribution in [2.45, 2.75) is 49.9 Å². The lowest BCUT2D eigenvalue weighted by molar-refractivity contribution is -0.193. The maximum absolute atomic E-state index is 12.8. The van der Waals surface area contributed by atoms with Crippen molar-refractivity contribution in [3.63, 3.8) is 0 Å². The number of carboxylic acids is 3. The minimum absolute atomic E-state index is 0.104. The third-order valence-electron chi connectivity index (χ3n) is 7.46. The van der Waals surface area contributed by atoms with Crippen LogP contribution in [0.2, 0.25) is 0 Å². The Morgan fingerprint density at radius 3 is 1.61 bits per heavy atom. The van der Waals surface area contributed by atoms with Gasteiger partial charge in [-0.1, -0.05) is 36.4 Å². The zero-order valence-electron chi connectivity index (χ0n) is 26.3. The Kier molecular flexibility index (Phi) is 14.1. The Morgan fingerprint density at radius 2 is 1.18 bits per heavy atom. The number of pyridine rings is 1. The molecule has 2 aliphatic heterocycles. The van der Waals surface area contributed by atoms with Gasteiger partial charge in [-0.15, -0.1) is 0 Å². The van der Waals surface area contributed by atoms with Crippen LogP contribution in [0.15, 0.2) is 60.9 Å². The number of carbonyl (C=O) groups is 4. The maximum atomic E-state index is 12.8. The number of carbonyl (C=O) groups excluding carboxylic acids is 1. The fraction of sp³-hybridized carbons (Fsp3) is 0.400. The zero-order valence-corrected chi connectivity index (χ0v) is 26.3. The predicted molar refractivity (Wildman–Crippen MR) is 157 cm³/mol. The molecule has 0 aliphatic carbocycles. The molecule has 0 radical (unpaired) electrons. The summed E-state index contributed by atoms with van der Waals surface area (Å²) >= 11 is 0. The monoisotopic (exact) mass is 743 g/mol. The van der Waals surface area contributed by atoms with Crippen molar-refractivity contribution < 1.29 is 74.0 Å². The number of benzene rings is 1. The van der Waals surface area contributed by atoms with E-state index in [4.69, 9.17) is 34.7 Å². The number of halogens is 9. The van der Waals surface area contributed by atoms with Gasteiger partial charge >= 0.3 is 36.4 Å². The Labute approximate surface area is 282 Å². The van der Waals surface area contributed by atoms with E-state index in [0.29, 0.717) is 6.42 Å². The number of nitrogens with zero attached hydrogens (tertiary/aromatic N) is 5. The van der Waals surface area contributed by atoms with Gasteiger partial charge in [0.25, 0.3) is 0 Å². The average molecular weight is 744 g/mol. The molecule has 2 aliphatic rings. The van der Waals surface area contributed by atoms with Crippen LogP contribution < -0.4 is 0 Å². The summed E-state index contributed by atoms with van der Waals surface area (Å²) < 4.78 is 97.6. The van der Waals surface area contributed by atoms with Crippen LogP contribution >= 0.6 is 0 Å². The van der Waals surface area contributed by atoms with Gasteiger partial charge in [0.05, 0.1) is 23.9 Å². The minimum Gasteiger partial charge on any atom is -0.475 e. The highest BCUT2D eigenvalue weighted by molar-refractivity contribution is 5.78. The lowest BCUT2D eigenvalue weighted by Crippen LogP contribution is -2.57. The van der Waals surface area contributed by atoms with Gasteiger partial charge < -0.3 is 24.8 Å². The zero-order chi connectivity index (χ0) is 38.8. The molecule has 5 rings (SSSR count). The SMILES string of the molecule is CN1CCn2c(-c3ccccc3)cnc2C12CCN(C(=O)Cc1ccccn1)CC2.O=C(O)C(F)(F)F.O=C(O)C(F)(F)F.O=C(O)C(F)(F)F. The average Bonchev–Trinajstić information content (AvgIpc) is 3.49. The number of fused-ring (bicyclic) bond motifs is 2. The van der Waals surface area contributed by atoms with Crippen molar-refractivity contribution in [1.29, 1.82) is 0 Å². The molecule has 2 aromatic heterocycles. The van der Waals surface area contributed by atoms with E-state index in [2.05, 4.69) is 45.8 Å². The molecule has 21 heteroatoms. The summed E-state index contributed by atoms with van der Waals surface area (Å²) in [6.45, 7) is 3.44. The highest BCUT2D eigenvalue weighted by atomic mass is 19.4. The molecule has 1 amide bonds. The normalized spacial score (nSPS) is 15.5. The van der Waals surface area contributed by atoms with E-state index >= 15 is 0 Å². The van der Waals surface area contributed by atoms with E-state index in [-0.39, 0.29) is 11.4 Å². The summed E-state index contributed by atoms with van der Waals surface area (Å²) in [5.74, 6) is -6.96. The largest absolute Gasteiger partial charge is 0.490 e. The number of alkyl halides is 9. The first-order valence-corrected chi connectivity index (χ1v) is 14.4. The molecule has 12 nitrogen and oxygen atoms in total. The summed E-state index contributed by atoms with van der Waals surface area (Å²) in [5.41, 5.74) is 3.12. The molecule has 280 valence electrons. The third-order valence-corrected chi connectivity index (χ3v) is 7.46. The molecule has 1 saturated heterocycles. The number of piperidine rings is 1. The lowest BCUT2D eigenvalue weighted by Gasteiger charge is -2.49. The van der Waals surface area contributed by atoms with Gasteiger partial charge in [-0.25, -0.2) is 19.4 Å². The number of carboxylic acid groups (broad SMARTS) is 3. The predicted octanol–water partition coefficient (Wildman–Crippen LogP) is 4.85. The molecule has 1 fully saturated rings. The van der Waals surface area contributed by atoms with E-state index in [1.807, 2.05) is 35.4 Å². The quantitative estimate of drug-likeness (QED) is 0.316. The molecule has 0 saturated carbocycles. The molecule has 3 N–H and O–H groups in total. The highest BCUT2D eigenvalue weighted by Gasteiger charge is 2.46. The van der Waals surface area contributed by atoms with Gasteiger partial charge in [0.1, 0.15) is 5.82 Å². The second kappa shape index (κ2) is 17.1. The topological polar surface area (TPSA) is 166 Å². The molecular formula is C30H30F9N5O7. The van der Waals surface area contributed by atoms with Crippen LogP contribution in [-0.2, 0) is 37.7 Å². The second-order valence-corrected chi connectivity index (χ2v) is 10.7. The first-order valence-electron chi connectivity index (χ1n) is 14.4. The smallest absolute Gasteiger partial charge is 0.475 e. The Balaban J connectivity index is 0.000000352. The third kappa shape index (κ3) is 12.0. The number of rotatable bonds is 3. The molecule has 1 aromatic carbocycles. The highest BCUT2D eigenvalue weighted by Crippen LogP contribution is 2.41. The van der Waals surface area contributed by atoms with Crippen molar-refractivity contribution in [1.82, 2.24) is 24.3 Å². The van der Waals surface area contributed by atoms with E-state index < -0.39 is 36.4 Å². The fourth-order valence-electron chi connectivity index (χ4n) is 4.95. The number of likely N-dealkylation sites (N-methyl/N-ethyl adjacent to an activating group) is 1. The van der Waals surface area contributed by atoms with Crippen LogP contribution in [0.25, 0.3) is 11.3 Å². The van der Waals surface area contributed by atoms with Crippen molar-refractivity contribution in [3.05, 3.63) is 72.4 Å². The number of hydrogen-bond donors (Lipinski definition) is 3. The fourth-order valence-corrected chi connectivity index (χ4v) is 4.95. The van der Waals surface area contributed by atoms with Crippen molar-refractivity contribution in [2.75, 3.05) is 26.7 Å². The van der Waals surface area contributed by atoms with Crippen molar-refractivity contribution >= 4 is 23.8 Å². The summed E-state index contributed by atoms with van der Waals surface area (Å²) in [6.07, 6.45) is -9.30. The molecule has 0 unspecified atom stereocenters. The van der Waals surface area contributed by atoms with Crippen LogP contribution in [0.5, 0.6) is 0 Å². The molecule has 0 atom stereocenters. The van der Waals surface area contributed by atoms with Gasteiger partial charge in [0.2, 0.25) is 5.91 Å².